The zero-order chi connectivity index (χ0) is 18.9. The lowest BCUT2D eigenvalue weighted by Crippen LogP contribution is -2.24. The maximum Gasteiger partial charge on any atom is 0.113 e. The second kappa shape index (κ2) is 10.0. The Labute approximate surface area is 159 Å². The minimum absolute atomic E-state index is 0.523. The van der Waals surface area contributed by atoms with Crippen molar-refractivity contribution in [3.63, 3.8) is 0 Å². The zero-order valence-corrected chi connectivity index (χ0v) is 16.0. The molecule has 5 heteroatoms. The van der Waals surface area contributed by atoms with Gasteiger partial charge in [-0.3, -0.25) is 0 Å². The summed E-state index contributed by atoms with van der Waals surface area (Å²) in [6.07, 6.45) is 8.83. The molecule has 0 amide bonds. The van der Waals surface area contributed by atoms with E-state index < -0.39 is 0 Å². The highest BCUT2D eigenvalue weighted by molar-refractivity contribution is 6.32. The van der Waals surface area contributed by atoms with E-state index in [0.717, 1.165) is 28.2 Å². The fourth-order valence-corrected chi connectivity index (χ4v) is 3.27. The molecule has 1 aliphatic carbocycles. The maximum atomic E-state index is 6.29. The van der Waals surface area contributed by atoms with Gasteiger partial charge in [-0.1, -0.05) is 49.7 Å². The van der Waals surface area contributed by atoms with Gasteiger partial charge in [0.2, 0.25) is 0 Å². The molecule has 0 aliphatic heterocycles. The number of hydrogen-bond acceptors (Lipinski definition) is 4. The van der Waals surface area contributed by atoms with E-state index in [1.165, 1.54) is 25.7 Å². The molecule has 0 saturated heterocycles. The molecule has 0 spiro atoms. The van der Waals surface area contributed by atoms with Crippen LogP contribution in [0.5, 0.6) is 0 Å². The smallest absolute Gasteiger partial charge is 0.113 e. The molecular formula is C21H31BN4. The molecule has 2 rings (SSSR count). The van der Waals surface area contributed by atoms with Crippen molar-refractivity contribution in [2.24, 2.45) is 11.7 Å². The average molecular weight is 350 g/mol. The van der Waals surface area contributed by atoms with Gasteiger partial charge >= 0.3 is 0 Å². The highest BCUT2D eigenvalue weighted by Gasteiger charge is 2.22. The zero-order valence-electron chi connectivity index (χ0n) is 16.0. The van der Waals surface area contributed by atoms with Crippen LogP contribution in [0.2, 0.25) is 0 Å². The summed E-state index contributed by atoms with van der Waals surface area (Å²) in [5.74, 6) is 0.839. The van der Waals surface area contributed by atoms with Gasteiger partial charge < -0.3 is 21.7 Å². The molecule has 1 aromatic carbocycles. The van der Waals surface area contributed by atoms with E-state index in [2.05, 4.69) is 29.5 Å². The first-order valence-corrected chi connectivity index (χ1v) is 9.40. The van der Waals surface area contributed by atoms with Gasteiger partial charge in [0.15, 0.2) is 0 Å². The second-order valence-corrected chi connectivity index (χ2v) is 6.96. The van der Waals surface area contributed by atoms with Crippen molar-refractivity contribution in [1.82, 2.24) is 16.0 Å². The van der Waals surface area contributed by atoms with Crippen molar-refractivity contribution < 1.29 is 0 Å². The predicted molar refractivity (Wildman–Crippen MR) is 112 cm³/mol. The predicted octanol–water partition coefficient (Wildman–Crippen LogP) is 2.16. The Morgan fingerprint density at radius 1 is 1.27 bits per heavy atom. The van der Waals surface area contributed by atoms with Crippen LogP contribution in [0.1, 0.15) is 38.2 Å². The number of hydrogen-bond donors (Lipinski definition) is 4. The third-order valence-electron chi connectivity index (χ3n) is 5.06. The fraction of sp³-hybridized carbons (Fsp3) is 0.429. The summed E-state index contributed by atoms with van der Waals surface area (Å²) in [6, 6.07) is 8.32. The lowest BCUT2D eigenvalue weighted by molar-refractivity contribution is 0.505. The third-order valence-corrected chi connectivity index (χ3v) is 5.06. The largest absolute Gasteiger partial charge is 0.397 e. The van der Waals surface area contributed by atoms with Crippen LogP contribution in [0.3, 0.4) is 0 Å². The first-order chi connectivity index (χ1) is 12.5. The summed E-state index contributed by atoms with van der Waals surface area (Å²) in [5, 5.41) is 9.88. The molecule has 1 aromatic rings. The molecule has 0 aromatic heterocycles. The van der Waals surface area contributed by atoms with Crippen LogP contribution >= 0.6 is 0 Å². The molecule has 1 fully saturated rings. The minimum atomic E-state index is 0.523. The Morgan fingerprint density at radius 2 is 2.00 bits per heavy atom. The van der Waals surface area contributed by atoms with Gasteiger partial charge in [-0.15, -0.1) is 0 Å². The van der Waals surface area contributed by atoms with Gasteiger partial charge in [-0.05, 0) is 30.7 Å². The number of likely N-dealkylation sites (N-methyl/N-ethyl adjacent to an activating group) is 1. The van der Waals surface area contributed by atoms with Crippen molar-refractivity contribution in [2.45, 2.75) is 45.2 Å². The molecule has 2 atom stereocenters. The monoisotopic (exact) mass is 350 g/mol. The van der Waals surface area contributed by atoms with Crippen molar-refractivity contribution in [3.8, 4) is 0 Å². The van der Waals surface area contributed by atoms with Gasteiger partial charge in [0.05, 0.1) is 5.70 Å². The van der Waals surface area contributed by atoms with Crippen LogP contribution in [-0.4, -0.2) is 20.9 Å². The van der Waals surface area contributed by atoms with Crippen molar-refractivity contribution in [2.75, 3.05) is 7.05 Å². The molecule has 1 saturated carbocycles. The summed E-state index contributed by atoms with van der Waals surface area (Å²) in [6.45, 7) is 7.02. The number of rotatable bonds is 9. The van der Waals surface area contributed by atoms with E-state index in [9.17, 15) is 0 Å². The molecule has 138 valence electrons. The first-order valence-electron chi connectivity index (χ1n) is 9.40. The van der Waals surface area contributed by atoms with Crippen molar-refractivity contribution in [3.05, 3.63) is 65.8 Å². The maximum absolute atomic E-state index is 6.29. The van der Waals surface area contributed by atoms with Crippen LogP contribution < -0.4 is 27.1 Å². The van der Waals surface area contributed by atoms with Crippen LogP contribution in [-0.2, 0) is 6.54 Å². The second-order valence-electron chi connectivity index (χ2n) is 6.96. The molecule has 0 heterocycles. The van der Waals surface area contributed by atoms with Crippen LogP contribution in [0, 0.1) is 5.92 Å². The minimum Gasteiger partial charge on any atom is -0.397 e. The Hall–Kier alpha value is -2.30. The average Bonchev–Trinajstić information content (AvgIpc) is 3.11. The van der Waals surface area contributed by atoms with Gasteiger partial charge in [0.1, 0.15) is 7.85 Å². The van der Waals surface area contributed by atoms with E-state index in [-0.39, 0.29) is 0 Å². The first kappa shape index (κ1) is 20.0. The summed E-state index contributed by atoms with van der Waals surface area (Å²) in [7, 11) is 7.57. The number of nitrogens with one attached hydrogen (secondary N) is 3. The normalized spacial score (nSPS) is 20.7. The Bertz CT molecular complexity index is 648. The summed E-state index contributed by atoms with van der Waals surface area (Å²) < 4.78 is 0. The molecule has 4 nitrogen and oxygen atoms in total. The van der Waals surface area contributed by atoms with Crippen LogP contribution in [0.25, 0.3) is 0 Å². The topological polar surface area (TPSA) is 62.1 Å². The highest BCUT2D eigenvalue weighted by Crippen LogP contribution is 2.28. The van der Waals surface area contributed by atoms with Gasteiger partial charge in [0, 0.05) is 43.3 Å². The quantitative estimate of drug-likeness (QED) is 0.407. The van der Waals surface area contributed by atoms with E-state index >= 15 is 0 Å². The summed E-state index contributed by atoms with van der Waals surface area (Å²) >= 11 is 0. The van der Waals surface area contributed by atoms with E-state index in [0.29, 0.717) is 18.3 Å². The van der Waals surface area contributed by atoms with E-state index in [4.69, 9.17) is 13.6 Å². The molecule has 0 bridgehead atoms. The van der Waals surface area contributed by atoms with E-state index in [1.54, 1.807) is 0 Å². The van der Waals surface area contributed by atoms with Gasteiger partial charge in [0.25, 0.3) is 0 Å². The van der Waals surface area contributed by atoms with Gasteiger partial charge in [-0.2, -0.15) is 0 Å². The molecule has 2 unspecified atom stereocenters. The molecule has 1 aliphatic rings. The third kappa shape index (κ3) is 5.90. The van der Waals surface area contributed by atoms with Gasteiger partial charge in [-0.25, -0.2) is 0 Å². The Balaban J connectivity index is 1.96. The number of nitrogens with two attached hydrogens (primary N) is 1. The SMILES string of the molecule is [B]c1ccc(CN/C=C(N)/C(=C/NC2CCC(CC)C2)C(=C)NC)cc1. The molecule has 2 radical (unpaired) electrons. The Kier molecular flexibility index (Phi) is 7.70. The van der Waals surface area contributed by atoms with Crippen LogP contribution in [0.15, 0.2) is 60.2 Å². The lowest BCUT2D eigenvalue weighted by Gasteiger charge is -2.16. The van der Waals surface area contributed by atoms with Crippen molar-refractivity contribution in [1.29, 1.82) is 0 Å². The Morgan fingerprint density at radius 3 is 2.62 bits per heavy atom. The molecular weight excluding hydrogens is 319 g/mol. The summed E-state index contributed by atoms with van der Waals surface area (Å²) in [5.41, 5.74) is 10.5. The van der Waals surface area contributed by atoms with Crippen LogP contribution in [0.4, 0.5) is 0 Å². The number of benzene rings is 1. The fourth-order valence-electron chi connectivity index (χ4n) is 3.27. The highest BCUT2D eigenvalue weighted by atomic mass is 14.9. The summed E-state index contributed by atoms with van der Waals surface area (Å²) in [4.78, 5) is 0. The molecule has 5 N–H and O–H groups in total. The molecule has 26 heavy (non-hydrogen) atoms. The lowest BCUT2D eigenvalue weighted by atomic mass is 9.95. The van der Waals surface area contributed by atoms with E-state index in [1.807, 2.05) is 43.7 Å². The van der Waals surface area contributed by atoms with Crippen molar-refractivity contribution >= 4 is 13.3 Å². The standard InChI is InChI=1S/C21H31BN4/c1-4-16-7-10-19(11-16)26-13-20(15(2)24-3)21(23)14-25-12-17-5-8-18(22)9-6-17/h5-6,8-9,13-14,16,19,24-26H,2,4,7,10-12,23H2,1,3H3/b20-13+,21-14-.